The van der Waals surface area contributed by atoms with E-state index >= 15 is 0 Å². The number of likely N-dealkylation sites (tertiary alicyclic amines) is 1. The van der Waals surface area contributed by atoms with Crippen molar-refractivity contribution in [3.05, 3.63) is 47.9 Å². The summed E-state index contributed by atoms with van der Waals surface area (Å²) in [6.45, 7) is 1.77. The summed E-state index contributed by atoms with van der Waals surface area (Å²) < 4.78 is 7.58. The van der Waals surface area contributed by atoms with Crippen LogP contribution in [0.5, 0.6) is 0 Å². The number of rotatable bonds is 6. The molecule has 1 N–H and O–H groups in total. The zero-order valence-corrected chi connectivity index (χ0v) is 20.7. The highest BCUT2D eigenvalue weighted by Gasteiger charge is 2.30. The first-order valence-electron chi connectivity index (χ1n) is 12.8. The summed E-state index contributed by atoms with van der Waals surface area (Å²) in [5, 5.41) is 10.6. The molecule has 1 aliphatic heterocycles. The zero-order chi connectivity index (χ0) is 24.5. The minimum Gasteiger partial charge on any atom is -0.478 e. The van der Waals surface area contributed by atoms with Crippen molar-refractivity contribution in [2.24, 2.45) is 0 Å². The molecule has 1 amide bonds. The lowest BCUT2D eigenvalue weighted by Crippen LogP contribution is -2.45. The number of aromatic carboxylic acids is 1. The summed E-state index contributed by atoms with van der Waals surface area (Å²) in [6, 6.07) is 7.79. The molecule has 0 unspecified atom stereocenters. The molecule has 186 valence electrons. The van der Waals surface area contributed by atoms with E-state index < -0.39 is 5.97 Å². The molecular formula is C28H35N3O4. The Bertz CT molecular complexity index is 1200. The average molecular weight is 478 g/mol. The van der Waals surface area contributed by atoms with Gasteiger partial charge in [0.1, 0.15) is 6.54 Å². The van der Waals surface area contributed by atoms with Gasteiger partial charge in [0.05, 0.1) is 23.8 Å². The van der Waals surface area contributed by atoms with Gasteiger partial charge in [-0.15, -0.1) is 0 Å². The van der Waals surface area contributed by atoms with E-state index in [2.05, 4.69) is 23.6 Å². The monoisotopic (exact) mass is 477 g/mol. The standard InChI is InChI=1S/C28H35N3O4/c1-29(2)22-10-13-30(14-11-22)25(32)17-31-24-9-8-20(28(33)34)16-23(24)26(19-6-4-3-5-7-19)27(31)21-12-15-35-18-21/h8-9,12,15-16,18-19,22H,3-7,10-11,13-14,17H2,1-2H3,(H,33,34). The second-order valence-corrected chi connectivity index (χ2v) is 10.3. The number of carboxylic acids is 1. The number of amides is 1. The van der Waals surface area contributed by atoms with Gasteiger partial charge in [0.25, 0.3) is 0 Å². The van der Waals surface area contributed by atoms with Crippen LogP contribution in [-0.4, -0.2) is 64.6 Å². The van der Waals surface area contributed by atoms with Crippen LogP contribution in [0.3, 0.4) is 0 Å². The summed E-state index contributed by atoms with van der Waals surface area (Å²) in [5.74, 6) is -0.479. The minimum atomic E-state index is -0.932. The molecule has 2 aromatic heterocycles. The molecule has 1 saturated carbocycles. The van der Waals surface area contributed by atoms with Gasteiger partial charge in [-0.2, -0.15) is 0 Å². The maximum atomic E-state index is 13.5. The first-order valence-corrected chi connectivity index (χ1v) is 12.8. The highest BCUT2D eigenvalue weighted by atomic mass is 16.4. The Morgan fingerprint density at radius 2 is 1.80 bits per heavy atom. The van der Waals surface area contributed by atoms with E-state index in [4.69, 9.17) is 4.42 Å². The van der Waals surface area contributed by atoms with E-state index in [1.165, 1.54) is 24.8 Å². The van der Waals surface area contributed by atoms with Crippen molar-refractivity contribution >= 4 is 22.8 Å². The van der Waals surface area contributed by atoms with Crippen LogP contribution in [0.25, 0.3) is 22.2 Å². The van der Waals surface area contributed by atoms with Crippen LogP contribution >= 0.6 is 0 Å². The minimum absolute atomic E-state index is 0.112. The lowest BCUT2D eigenvalue weighted by molar-refractivity contribution is -0.133. The van der Waals surface area contributed by atoms with E-state index in [1.807, 2.05) is 17.0 Å². The van der Waals surface area contributed by atoms with Gasteiger partial charge in [0.2, 0.25) is 5.91 Å². The van der Waals surface area contributed by atoms with Crippen LogP contribution in [0.1, 0.15) is 66.8 Å². The van der Waals surface area contributed by atoms with E-state index in [0.717, 1.165) is 60.9 Å². The van der Waals surface area contributed by atoms with E-state index in [0.29, 0.717) is 12.0 Å². The Hall–Kier alpha value is -3.06. The van der Waals surface area contributed by atoms with Gasteiger partial charge in [0, 0.05) is 35.6 Å². The third kappa shape index (κ3) is 4.61. The maximum Gasteiger partial charge on any atom is 0.335 e. The van der Waals surface area contributed by atoms with E-state index in [-0.39, 0.29) is 18.0 Å². The highest BCUT2D eigenvalue weighted by Crippen LogP contribution is 2.44. The molecule has 7 heteroatoms. The second kappa shape index (κ2) is 9.90. The van der Waals surface area contributed by atoms with Gasteiger partial charge in [-0.3, -0.25) is 4.79 Å². The predicted molar refractivity (Wildman–Crippen MR) is 136 cm³/mol. The number of nitrogens with zero attached hydrogens (tertiary/aromatic N) is 3. The smallest absolute Gasteiger partial charge is 0.335 e. The van der Waals surface area contributed by atoms with Gasteiger partial charge in [0.15, 0.2) is 0 Å². The number of carbonyl (C=O) groups excluding carboxylic acids is 1. The fourth-order valence-electron chi connectivity index (χ4n) is 6.06. The molecule has 0 radical (unpaired) electrons. The van der Waals surface area contributed by atoms with Gasteiger partial charge in [-0.1, -0.05) is 19.3 Å². The largest absolute Gasteiger partial charge is 0.478 e. The number of hydrogen-bond donors (Lipinski definition) is 1. The summed E-state index contributed by atoms with van der Waals surface area (Å²) in [4.78, 5) is 29.6. The summed E-state index contributed by atoms with van der Waals surface area (Å²) >= 11 is 0. The Labute approximate surface area is 206 Å². The molecule has 1 aliphatic carbocycles. The molecule has 0 bridgehead atoms. The average Bonchev–Trinajstić information content (AvgIpc) is 3.50. The number of piperidine rings is 1. The van der Waals surface area contributed by atoms with Crippen LogP contribution < -0.4 is 0 Å². The molecule has 7 nitrogen and oxygen atoms in total. The zero-order valence-electron chi connectivity index (χ0n) is 20.7. The highest BCUT2D eigenvalue weighted by molar-refractivity contribution is 5.99. The molecule has 1 aromatic carbocycles. The quantitative estimate of drug-likeness (QED) is 0.528. The summed E-state index contributed by atoms with van der Waals surface area (Å²) in [7, 11) is 4.20. The molecule has 5 rings (SSSR count). The van der Waals surface area contributed by atoms with Crippen LogP contribution in [-0.2, 0) is 11.3 Å². The van der Waals surface area contributed by atoms with Crippen molar-refractivity contribution in [1.82, 2.24) is 14.4 Å². The number of benzene rings is 1. The Balaban J connectivity index is 1.59. The molecule has 2 fully saturated rings. The SMILES string of the molecule is CN(C)C1CCN(C(=O)Cn2c(-c3ccoc3)c(C3CCCCC3)c3cc(C(=O)O)ccc32)CC1. The summed E-state index contributed by atoms with van der Waals surface area (Å²) in [6.07, 6.45) is 11.1. The second-order valence-electron chi connectivity index (χ2n) is 10.3. The number of furan rings is 1. The number of aromatic nitrogens is 1. The lowest BCUT2D eigenvalue weighted by atomic mass is 9.82. The van der Waals surface area contributed by atoms with E-state index in [1.54, 1.807) is 24.7 Å². The van der Waals surface area contributed by atoms with E-state index in [9.17, 15) is 14.7 Å². The van der Waals surface area contributed by atoms with Crippen LogP contribution in [0.4, 0.5) is 0 Å². The Kier molecular flexibility index (Phi) is 6.69. The maximum absolute atomic E-state index is 13.5. The molecule has 35 heavy (non-hydrogen) atoms. The van der Waals surface area contributed by atoms with Gasteiger partial charge in [-0.25, -0.2) is 4.79 Å². The van der Waals surface area contributed by atoms with Crippen LogP contribution in [0, 0.1) is 0 Å². The van der Waals surface area contributed by atoms with Crippen molar-refractivity contribution < 1.29 is 19.1 Å². The third-order valence-corrected chi connectivity index (χ3v) is 8.00. The number of fused-ring (bicyclic) bond motifs is 1. The molecule has 3 heterocycles. The van der Waals surface area contributed by atoms with Crippen molar-refractivity contribution in [3.8, 4) is 11.3 Å². The van der Waals surface area contributed by atoms with Crippen molar-refractivity contribution in [2.45, 2.75) is 63.5 Å². The van der Waals surface area contributed by atoms with Crippen LogP contribution in [0.2, 0.25) is 0 Å². The first-order chi connectivity index (χ1) is 16.9. The van der Waals surface area contributed by atoms with Crippen LogP contribution in [0.15, 0.2) is 41.2 Å². The van der Waals surface area contributed by atoms with Gasteiger partial charge < -0.3 is 23.9 Å². The molecule has 1 saturated heterocycles. The van der Waals surface area contributed by atoms with Gasteiger partial charge in [-0.05, 0) is 75.5 Å². The fraction of sp³-hybridized carbons (Fsp3) is 0.500. The predicted octanol–water partition coefficient (Wildman–Crippen LogP) is 5.20. The Morgan fingerprint density at radius 3 is 2.43 bits per heavy atom. The Morgan fingerprint density at radius 1 is 1.06 bits per heavy atom. The first kappa shape index (κ1) is 23.7. The van der Waals surface area contributed by atoms with Gasteiger partial charge >= 0.3 is 5.97 Å². The molecule has 2 aliphatic rings. The normalized spacial score (nSPS) is 18.0. The number of hydrogen-bond acceptors (Lipinski definition) is 4. The molecule has 0 spiro atoms. The van der Waals surface area contributed by atoms with Crippen molar-refractivity contribution in [2.75, 3.05) is 27.2 Å². The topological polar surface area (TPSA) is 78.9 Å². The summed E-state index contributed by atoms with van der Waals surface area (Å²) in [5.41, 5.74) is 4.31. The molecule has 0 atom stereocenters. The fourth-order valence-corrected chi connectivity index (χ4v) is 6.06. The molecule has 3 aromatic rings. The van der Waals surface area contributed by atoms with Crippen molar-refractivity contribution in [3.63, 3.8) is 0 Å². The van der Waals surface area contributed by atoms with Crippen molar-refractivity contribution in [1.29, 1.82) is 0 Å². The number of carboxylic acid groups (broad SMARTS) is 1. The molecular weight excluding hydrogens is 442 g/mol. The number of carbonyl (C=O) groups is 2. The third-order valence-electron chi connectivity index (χ3n) is 8.00. The lowest BCUT2D eigenvalue weighted by Gasteiger charge is -2.35.